The summed E-state index contributed by atoms with van der Waals surface area (Å²) in [5.41, 5.74) is 4.05. The Kier molecular flexibility index (Phi) is 8.59. The first kappa shape index (κ1) is 25.2. The molecule has 0 fully saturated rings. The molecule has 0 aromatic heterocycles. The molecule has 0 radical (unpaired) electrons. The van der Waals surface area contributed by atoms with Crippen LogP contribution in [0.1, 0.15) is 29.2 Å². The van der Waals surface area contributed by atoms with Crippen LogP contribution in [0.3, 0.4) is 0 Å². The highest BCUT2D eigenvalue weighted by atomic mass is 35.5. The van der Waals surface area contributed by atoms with Gasteiger partial charge >= 0.3 is 0 Å². The number of hydrogen-bond donors (Lipinski definition) is 1. The Morgan fingerprint density at radius 3 is 2.47 bits per heavy atom. The van der Waals surface area contributed by atoms with Crippen LogP contribution in [-0.2, 0) is 11.4 Å². The Hall–Kier alpha value is -3.46. The van der Waals surface area contributed by atoms with E-state index in [1.54, 1.807) is 24.3 Å². The van der Waals surface area contributed by atoms with Crippen molar-refractivity contribution >= 4 is 40.9 Å². The van der Waals surface area contributed by atoms with E-state index in [0.717, 1.165) is 16.7 Å². The van der Waals surface area contributed by atoms with Crippen molar-refractivity contribution in [3.05, 3.63) is 92.5 Å². The van der Waals surface area contributed by atoms with Crippen molar-refractivity contribution in [1.82, 2.24) is 0 Å². The molecular formula is C27H24Cl2N2O3. The van der Waals surface area contributed by atoms with Gasteiger partial charge in [-0.25, -0.2) is 0 Å². The van der Waals surface area contributed by atoms with Crippen molar-refractivity contribution in [2.45, 2.75) is 27.4 Å². The van der Waals surface area contributed by atoms with Crippen LogP contribution in [0, 0.1) is 25.2 Å². The first-order valence-corrected chi connectivity index (χ1v) is 11.4. The Morgan fingerprint density at radius 2 is 1.79 bits per heavy atom. The van der Waals surface area contributed by atoms with Crippen LogP contribution in [0.5, 0.6) is 11.5 Å². The molecule has 3 rings (SSSR count). The number of halogens is 2. The molecule has 0 atom stereocenters. The van der Waals surface area contributed by atoms with Gasteiger partial charge in [0, 0.05) is 16.3 Å². The molecule has 0 bridgehead atoms. The molecule has 3 aromatic rings. The van der Waals surface area contributed by atoms with Gasteiger partial charge in [-0.15, -0.1) is 0 Å². The number of carbonyl (C=O) groups is 1. The lowest BCUT2D eigenvalue weighted by Gasteiger charge is -2.15. The van der Waals surface area contributed by atoms with Crippen LogP contribution in [0.25, 0.3) is 6.08 Å². The maximum absolute atomic E-state index is 12.7. The van der Waals surface area contributed by atoms with E-state index in [0.29, 0.717) is 34.4 Å². The number of aryl methyl sites for hydroxylation is 2. The van der Waals surface area contributed by atoms with Crippen LogP contribution < -0.4 is 14.8 Å². The van der Waals surface area contributed by atoms with Crippen LogP contribution in [0.15, 0.2) is 60.2 Å². The van der Waals surface area contributed by atoms with Crippen molar-refractivity contribution in [3.8, 4) is 17.6 Å². The number of carbonyl (C=O) groups excluding carboxylic acids is 1. The molecule has 0 spiro atoms. The molecular weight excluding hydrogens is 471 g/mol. The maximum Gasteiger partial charge on any atom is 0.266 e. The van der Waals surface area contributed by atoms with Crippen LogP contribution in [-0.4, -0.2) is 12.5 Å². The smallest absolute Gasteiger partial charge is 0.266 e. The van der Waals surface area contributed by atoms with E-state index in [1.165, 1.54) is 6.08 Å². The van der Waals surface area contributed by atoms with Gasteiger partial charge in [-0.3, -0.25) is 4.79 Å². The Balaban J connectivity index is 1.86. The predicted octanol–water partition coefficient (Wildman–Crippen LogP) is 7.13. The molecule has 1 N–H and O–H groups in total. The van der Waals surface area contributed by atoms with E-state index >= 15 is 0 Å². The van der Waals surface area contributed by atoms with E-state index in [-0.39, 0.29) is 17.2 Å². The zero-order valence-corrected chi connectivity index (χ0v) is 20.6. The van der Waals surface area contributed by atoms with Gasteiger partial charge in [-0.1, -0.05) is 47.5 Å². The summed E-state index contributed by atoms with van der Waals surface area (Å²) in [4.78, 5) is 12.7. The number of ether oxygens (including phenoxy) is 2. The van der Waals surface area contributed by atoms with Crippen LogP contribution in [0.2, 0.25) is 10.0 Å². The summed E-state index contributed by atoms with van der Waals surface area (Å²) in [7, 11) is 0. The van der Waals surface area contributed by atoms with E-state index in [1.807, 2.05) is 57.2 Å². The fourth-order valence-electron chi connectivity index (χ4n) is 3.17. The average Bonchev–Trinajstić information content (AvgIpc) is 2.80. The molecule has 0 saturated carbocycles. The SMILES string of the molecule is CCOc1cc(/C=C(\C#N)C(=O)Nc2ccc(C)c(C)c2)cc(Cl)c1OCc1ccccc1Cl. The Labute approximate surface area is 209 Å². The van der Waals surface area contributed by atoms with Gasteiger partial charge in [0.25, 0.3) is 5.91 Å². The highest BCUT2D eigenvalue weighted by Crippen LogP contribution is 2.38. The highest BCUT2D eigenvalue weighted by Gasteiger charge is 2.15. The van der Waals surface area contributed by atoms with E-state index in [2.05, 4.69) is 5.32 Å². The van der Waals surface area contributed by atoms with Crippen molar-refractivity contribution in [2.24, 2.45) is 0 Å². The molecule has 0 aliphatic heterocycles. The minimum atomic E-state index is -0.515. The van der Waals surface area contributed by atoms with Crippen LogP contribution >= 0.6 is 23.2 Å². The molecule has 0 unspecified atom stereocenters. The van der Waals surface area contributed by atoms with Crippen molar-refractivity contribution < 1.29 is 14.3 Å². The second-order valence-corrected chi connectivity index (χ2v) is 8.38. The second kappa shape index (κ2) is 11.6. The van der Waals surface area contributed by atoms with Crippen molar-refractivity contribution in [1.29, 1.82) is 5.26 Å². The van der Waals surface area contributed by atoms with Gasteiger partial charge in [0.05, 0.1) is 11.6 Å². The van der Waals surface area contributed by atoms with E-state index < -0.39 is 5.91 Å². The minimum Gasteiger partial charge on any atom is -0.490 e. The Bertz CT molecular complexity index is 1280. The first-order chi connectivity index (χ1) is 16.3. The second-order valence-electron chi connectivity index (χ2n) is 7.57. The van der Waals surface area contributed by atoms with Crippen molar-refractivity contribution in [3.63, 3.8) is 0 Å². The molecule has 7 heteroatoms. The number of rotatable bonds is 8. The zero-order valence-electron chi connectivity index (χ0n) is 19.1. The topological polar surface area (TPSA) is 71.3 Å². The third-order valence-corrected chi connectivity index (χ3v) is 5.75. The number of nitrogens with one attached hydrogen (secondary N) is 1. The Morgan fingerprint density at radius 1 is 1.03 bits per heavy atom. The molecule has 5 nitrogen and oxygen atoms in total. The van der Waals surface area contributed by atoms with Gasteiger partial charge in [-0.05, 0) is 73.9 Å². The summed E-state index contributed by atoms with van der Waals surface area (Å²) in [5.74, 6) is 0.248. The number of nitrogens with zero attached hydrogens (tertiary/aromatic N) is 1. The molecule has 0 aliphatic rings. The average molecular weight is 495 g/mol. The molecule has 0 aliphatic carbocycles. The fraction of sp³-hybridized carbons (Fsp3) is 0.185. The monoisotopic (exact) mass is 494 g/mol. The van der Waals surface area contributed by atoms with Gasteiger partial charge in [-0.2, -0.15) is 5.26 Å². The first-order valence-electron chi connectivity index (χ1n) is 10.6. The highest BCUT2D eigenvalue weighted by molar-refractivity contribution is 6.32. The summed E-state index contributed by atoms with van der Waals surface area (Å²) in [5, 5.41) is 13.2. The minimum absolute atomic E-state index is 0.0681. The van der Waals surface area contributed by atoms with Crippen LogP contribution in [0.4, 0.5) is 5.69 Å². The number of amides is 1. The number of anilines is 1. The fourth-order valence-corrected chi connectivity index (χ4v) is 3.64. The molecule has 174 valence electrons. The summed E-state index contributed by atoms with van der Waals surface area (Å²) in [6, 6.07) is 18.2. The molecule has 0 heterocycles. The van der Waals surface area contributed by atoms with Gasteiger partial charge in [0.2, 0.25) is 0 Å². The number of hydrogen-bond acceptors (Lipinski definition) is 4. The summed E-state index contributed by atoms with van der Waals surface area (Å²) in [6.07, 6.45) is 1.46. The number of nitriles is 1. The lowest BCUT2D eigenvalue weighted by molar-refractivity contribution is -0.112. The molecule has 1 amide bonds. The zero-order chi connectivity index (χ0) is 24.7. The van der Waals surface area contributed by atoms with Gasteiger partial charge < -0.3 is 14.8 Å². The third-order valence-electron chi connectivity index (χ3n) is 5.10. The maximum atomic E-state index is 12.7. The predicted molar refractivity (Wildman–Crippen MR) is 137 cm³/mol. The third kappa shape index (κ3) is 6.32. The van der Waals surface area contributed by atoms with Gasteiger partial charge in [0.15, 0.2) is 11.5 Å². The van der Waals surface area contributed by atoms with E-state index in [4.69, 9.17) is 32.7 Å². The lowest BCUT2D eigenvalue weighted by Crippen LogP contribution is -2.13. The molecule has 0 saturated heterocycles. The molecule has 34 heavy (non-hydrogen) atoms. The largest absolute Gasteiger partial charge is 0.490 e. The van der Waals surface area contributed by atoms with Gasteiger partial charge in [0.1, 0.15) is 18.2 Å². The van der Waals surface area contributed by atoms with Crippen molar-refractivity contribution in [2.75, 3.05) is 11.9 Å². The summed E-state index contributed by atoms with van der Waals surface area (Å²) < 4.78 is 11.6. The number of benzene rings is 3. The summed E-state index contributed by atoms with van der Waals surface area (Å²) in [6.45, 7) is 6.37. The quantitative estimate of drug-likeness (QED) is 0.267. The van der Waals surface area contributed by atoms with E-state index in [9.17, 15) is 10.1 Å². The molecule has 3 aromatic carbocycles. The normalized spacial score (nSPS) is 11.0. The lowest BCUT2D eigenvalue weighted by atomic mass is 10.1. The standard InChI is InChI=1S/C27H24Cl2N2O3/c1-4-33-25-14-19(13-24(29)26(25)34-16-20-7-5-6-8-23(20)28)12-21(15-30)27(32)31-22-10-9-17(2)18(3)11-22/h5-14H,4,16H2,1-3H3,(H,31,32)/b21-12+. The summed E-state index contributed by atoms with van der Waals surface area (Å²) >= 11 is 12.7.